The first kappa shape index (κ1) is 21.8. The maximum atomic E-state index is 12.2. The van der Waals surface area contributed by atoms with E-state index in [9.17, 15) is 22.8 Å². The summed E-state index contributed by atoms with van der Waals surface area (Å²) in [6.07, 6.45) is 0.0895. The highest BCUT2D eigenvalue weighted by Crippen LogP contribution is 2.13. The molecule has 9 heteroatoms. The van der Waals surface area contributed by atoms with E-state index in [4.69, 9.17) is 5.11 Å². The number of carbonyl (C=O) groups is 3. The predicted octanol–water partition coefficient (Wildman–Crippen LogP) is 1.32. The zero-order valence-electron chi connectivity index (χ0n) is 15.0. The summed E-state index contributed by atoms with van der Waals surface area (Å²) in [4.78, 5) is 33.8. The van der Waals surface area contributed by atoms with Gasteiger partial charge in [0.25, 0.3) is 0 Å². The summed E-state index contributed by atoms with van der Waals surface area (Å²) in [5.74, 6) is -1.58. The average molecular weight is 384 g/mol. The lowest BCUT2D eigenvalue weighted by Gasteiger charge is -2.25. The van der Waals surface area contributed by atoms with Crippen molar-refractivity contribution in [3.63, 3.8) is 0 Å². The van der Waals surface area contributed by atoms with Crippen molar-refractivity contribution in [2.24, 2.45) is 0 Å². The van der Waals surface area contributed by atoms with Crippen molar-refractivity contribution in [3.8, 4) is 0 Å². The van der Waals surface area contributed by atoms with Gasteiger partial charge in [-0.1, -0.05) is 12.1 Å². The largest absolute Gasteiger partial charge is 0.481 e. The van der Waals surface area contributed by atoms with Crippen LogP contribution in [-0.4, -0.2) is 43.3 Å². The summed E-state index contributed by atoms with van der Waals surface area (Å²) in [5.41, 5.74) is -0.421. The number of carboxylic acid groups (broad SMARTS) is 1. The third-order valence-corrected chi connectivity index (χ3v) is 5.10. The highest BCUT2D eigenvalue weighted by Gasteiger charge is 2.22. The average Bonchev–Trinajstić information content (AvgIpc) is 2.52. The van der Waals surface area contributed by atoms with Crippen LogP contribution in [0.5, 0.6) is 0 Å². The van der Waals surface area contributed by atoms with Crippen molar-refractivity contribution in [3.05, 3.63) is 29.8 Å². The predicted molar refractivity (Wildman–Crippen MR) is 95.3 cm³/mol. The molecule has 0 bridgehead atoms. The van der Waals surface area contributed by atoms with Crippen molar-refractivity contribution >= 4 is 27.7 Å². The molecular formula is C17H24N2O6S. The molecule has 0 unspecified atom stereocenters. The fraction of sp³-hybridized carbons (Fsp3) is 0.471. The Morgan fingerprint density at radius 1 is 1.15 bits per heavy atom. The van der Waals surface area contributed by atoms with Gasteiger partial charge < -0.3 is 10.4 Å². The molecule has 0 aliphatic heterocycles. The number of benzene rings is 1. The van der Waals surface area contributed by atoms with E-state index in [-0.39, 0.29) is 48.0 Å². The van der Waals surface area contributed by atoms with Crippen LogP contribution in [0.4, 0.5) is 0 Å². The molecule has 0 saturated carbocycles. The van der Waals surface area contributed by atoms with Gasteiger partial charge in [0.15, 0.2) is 5.78 Å². The Kier molecular flexibility index (Phi) is 7.46. The number of amides is 1. The van der Waals surface area contributed by atoms with E-state index >= 15 is 0 Å². The van der Waals surface area contributed by atoms with E-state index in [1.807, 2.05) is 0 Å². The normalized spacial score (nSPS) is 11.8. The molecule has 1 rings (SSSR count). The molecule has 0 aliphatic carbocycles. The lowest BCUT2D eigenvalue weighted by atomic mass is 9.98. The Hall–Kier alpha value is -2.26. The minimum atomic E-state index is -3.84. The Balaban J connectivity index is 2.58. The van der Waals surface area contributed by atoms with E-state index in [0.717, 1.165) is 0 Å². The number of carbonyl (C=O) groups excluding carboxylic acids is 2. The van der Waals surface area contributed by atoms with Crippen LogP contribution in [0.2, 0.25) is 0 Å². The molecule has 144 valence electrons. The quantitative estimate of drug-likeness (QED) is 0.522. The highest BCUT2D eigenvalue weighted by atomic mass is 32.2. The van der Waals surface area contributed by atoms with Crippen LogP contribution >= 0.6 is 0 Å². The first-order valence-corrected chi connectivity index (χ1v) is 9.55. The minimum Gasteiger partial charge on any atom is -0.481 e. The number of hydrogen-bond acceptors (Lipinski definition) is 5. The van der Waals surface area contributed by atoms with Gasteiger partial charge in [0.2, 0.25) is 15.9 Å². The molecule has 1 aromatic carbocycles. The van der Waals surface area contributed by atoms with Crippen LogP contribution in [0.25, 0.3) is 0 Å². The molecule has 26 heavy (non-hydrogen) atoms. The third-order valence-electron chi connectivity index (χ3n) is 3.64. The number of sulfonamides is 1. The van der Waals surface area contributed by atoms with E-state index in [1.54, 1.807) is 13.8 Å². The third kappa shape index (κ3) is 7.32. The van der Waals surface area contributed by atoms with E-state index in [2.05, 4.69) is 10.0 Å². The highest BCUT2D eigenvalue weighted by molar-refractivity contribution is 7.89. The van der Waals surface area contributed by atoms with Crippen LogP contribution in [-0.2, 0) is 19.6 Å². The number of Topliss-reactive ketones (excluding diaryl/α,β-unsaturated/α-hetero) is 1. The van der Waals surface area contributed by atoms with Gasteiger partial charge in [-0.3, -0.25) is 14.4 Å². The van der Waals surface area contributed by atoms with Gasteiger partial charge in [-0.2, -0.15) is 0 Å². The molecule has 0 heterocycles. The molecule has 0 saturated heterocycles. The summed E-state index contributed by atoms with van der Waals surface area (Å²) in [6.45, 7) is 4.62. The molecule has 1 amide bonds. The lowest BCUT2D eigenvalue weighted by molar-refractivity contribution is -0.137. The summed E-state index contributed by atoms with van der Waals surface area (Å²) >= 11 is 0. The molecule has 3 N–H and O–H groups in total. The first-order chi connectivity index (χ1) is 11.9. The van der Waals surface area contributed by atoms with Crippen LogP contribution in [0.15, 0.2) is 29.2 Å². The van der Waals surface area contributed by atoms with E-state index in [1.165, 1.54) is 31.2 Å². The Morgan fingerprint density at radius 2 is 1.81 bits per heavy atom. The summed E-state index contributed by atoms with van der Waals surface area (Å²) < 4.78 is 26.8. The van der Waals surface area contributed by atoms with Gasteiger partial charge >= 0.3 is 5.97 Å². The molecule has 8 nitrogen and oxygen atoms in total. The van der Waals surface area contributed by atoms with Gasteiger partial charge in [0.05, 0.1) is 4.90 Å². The Morgan fingerprint density at radius 3 is 2.38 bits per heavy atom. The Bertz CT molecular complexity index is 786. The second-order valence-electron chi connectivity index (χ2n) is 6.56. The first-order valence-electron chi connectivity index (χ1n) is 8.06. The van der Waals surface area contributed by atoms with Gasteiger partial charge in [0.1, 0.15) is 0 Å². The molecular weight excluding hydrogens is 360 g/mol. The second-order valence-corrected chi connectivity index (χ2v) is 8.32. The SMILES string of the molecule is CC(=O)c1cccc(S(=O)(=O)NCCC(=O)NC(C)(C)CCC(=O)O)c1. The second kappa shape index (κ2) is 8.91. The van der Waals surface area contributed by atoms with E-state index in [0.29, 0.717) is 0 Å². The zero-order valence-corrected chi connectivity index (χ0v) is 15.9. The molecule has 0 fully saturated rings. The molecule has 0 spiro atoms. The maximum Gasteiger partial charge on any atom is 0.303 e. The van der Waals surface area contributed by atoms with Crippen molar-refractivity contribution in [2.45, 2.75) is 50.5 Å². The van der Waals surface area contributed by atoms with Gasteiger partial charge in [-0.25, -0.2) is 13.1 Å². The van der Waals surface area contributed by atoms with Crippen molar-refractivity contribution in [2.75, 3.05) is 6.54 Å². The Labute approximate surface area is 153 Å². The van der Waals surface area contributed by atoms with E-state index < -0.39 is 21.5 Å². The molecule has 0 aromatic heterocycles. The number of ketones is 1. The fourth-order valence-corrected chi connectivity index (χ4v) is 3.26. The fourth-order valence-electron chi connectivity index (χ4n) is 2.19. The molecule has 0 atom stereocenters. The van der Waals surface area contributed by atoms with Gasteiger partial charge in [0, 0.05) is 30.5 Å². The lowest BCUT2D eigenvalue weighted by Crippen LogP contribution is -2.44. The standard InChI is InChI=1S/C17H24N2O6S/c1-12(20)13-5-4-6-14(11-13)26(24,25)18-10-8-15(21)19-17(2,3)9-7-16(22)23/h4-6,11,18H,7-10H2,1-3H3,(H,19,21)(H,22,23). The number of rotatable bonds is 10. The number of hydrogen-bond donors (Lipinski definition) is 3. The monoisotopic (exact) mass is 384 g/mol. The number of nitrogens with one attached hydrogen (secondary N) is 2. The van der Waals surface area contributed by atoms with Gasteiger partial charge in [-0.15, -0.1) is 0 Å². The van der Waals surface area contributed by atoms with Crippen LogP contribution in [0, 0.1) is 0 Å². The van der Waals surface area contributed by atoms with Crippen LogP contribution < -0.4 is 10.0 Å². The van der Waals surface area contributed by atoms with Gasteiger partial charge in [-0.05, 0) is 39.3 Å². The summed E-state index contributed by atoms with van der Waals surface area (Å²) in [6, 6.07) is 5.64. The molecule has 0 radical (unpaired) electrons. The maximum absolute atomic E-state index is 12.2. The molecule has 1 aromatic rings. The van der Waals surface area contributed by atoms with Crippen LogP contribution in [0.1, 0.15) is 50.4 Å². The zero-order chi connectivity index (χ0) is 20.0. The van der Waals surface area contributed by atoms with Crippen molar-refractivity contribution in [1.29, 1.82) is 0 Å². The smallest absolute Gasteiger partial charge is 0.303 e. The van der Waals surface area contributed by atoms with Crippen molar-refractivity contribution in [1.82, 2.24) is 10.0 Å². The minimum absolute atomic E-state index is 0.0487. The number of aliphatic carboxylic acids is 1. The summed E-state index contributed by atoms with van der Waals surface area (Å²) in [7, 11) is -3.84. The van der Waals surface area contributed by atoms with Crippen LogP contribution in [0.3, 0.4) is 0 Å². The number of carboxylic acids is 1. The summed E-state index contributed by atoms with van der Waals surface area (Å²) in [5, 5.41) is 11.4. The van der Waals surface area contributed by atoms with Crippen molar-refractivity contribution < 1.29 is 27.9 Å². The molecule has 0 aliphatic rings. The topological polar surface area (TPSA) is 130 Å².